The van der Waals surface area contributed by atoms with Crippen LogP contribution in [0.3, 0.4) is 0 Å². The fourth-order valence-corrected chi connectivity index (χ4v) is 0.720. The number of hydrogen-bond donors (Lipinski definition) is 1. The van der Waals surface area contributed by atoms with Crippen molar-refractivity contribution < 1.29 is 5.11 Å². The van der Waals surface area contributed by atoms with Crippen LogP contribution in [0.5, 0.6) is 0 Å². The van der Waals surface area contributed by atoms with Crippen molar-refractivity contribution in [1.29, 1.82) is 5.26 Å². The lowest BCUT2D eigenvalue weighted by Gasteiger charge is -1.93. The molecular weight excluding hydrogens is 114 g/mol. The number of hydrogen-bond acceptors (Lipinski definition) is 2. The molecule has 1 rings (SSSR count). The highest BCUT2D eigenvalue weighted by atomic mass is 16.3. The van der Waals surface area contributed by atoms with E-state index in [4.69, 9.17) is 10.4 Å². The highest BCUT2D eigenvalue weighted by Crippen LogP contribution is 2.36. The molecule has 48 valence electrons. The molecule has 2 heteroatoms. The summed E-state index contributed by atoms with van der Waals surface area (Å²) in [5, 5.41) is 17.4. The van der Waals surface area contributed by atoms with Gasteiger partial charge < -0.3 is 5.11 Å². The molecule has 0 amide bonds. The third-order valence-corrected chi connectivity index (χ3v) is 1.52. The van der Waals surface area contributed by atoms with Crippen LogP contribution in [0.25, 0.3) is 0 Å². The fourth-order valence-electron chi connectivity index (χ4n) is 0.720. The second kappa shape index (κ2) is 2.10. The Labute approximate surface area is 54.4 Å². The van der Waals surface area contributed by atoms with Gasteiger partial charge in [0.15, 0.2) is 0 Å². The number of aliphatic hydroxyl groups excluding tert-OH is 1. The number of nitrogens with zero attached hydrogens (tertiary/aromatic N) is 1. The Hall–Kier alpha value is -0.970. The topological polar surface area (TPSA) is 44.0 Å². The second-order valence-electron chi connectivity index (χ2n) is 2.40. The summed E-state index contributed by atoms with van der Waals surface area (Å²) in [5.41, 5.74) is 0.470. The highest BCUT2D eigenvalue weighted by Gasteiger charge is 2.27. The Bertz CT molecular complexity index is 184. The molecule has 0 saturated heterocycles. The maximum absolute atomic E-state index is 9.11. The monoisotopic (exact) mass is 123 g/mol. The molecule has 0 aliphatic heterocycles. The summed E-state index contributed by atoms with van der Waals surface area (Å²) in [6.07, 6.45) is 2.09. The van der Waals surface area contributed by atoms with E-state index in [0.717, 1.165) is 12.8 Å². The zero-order valence-electron chi connectivity index (χ0n) is 5.39. The zero-order chi connectivity index (χ0) is 6.85. The minimum atomic E-state index is 0.303. The molecule has 1 aliphatic rings. The summed E-state index contributed by atoms with van der Waals surface area (Å²) in [7, 11) is 0. The molecular formula is C7H9NO. The Morgan fingerprint density at radius 2 is 2.22 bits per heavy atom. The van der Waals surface area contributed by atoms with E-state index in [0.29, 0.717) is 17.3 Å². The summed E-state index contributed by atoms with van der Waals surface area (Å²) >= 11 is 0. The first-order valence-corrected chi connectivity index (χ1v) is 3.05. The molecule has 0 bridgehead atoms. The third kappa shape index (κ3) is 1.23. The lowest BCUT2D eigenvalue weighted by Crippen LogP contribution is -1.86. The normalized spacial score (nSPS) is 20.4. The Kier molecular flexibility index (Phi) is 1.44. The van der Waals surface area contributed by atoms with Crippen molar-refractivity contribution >= 4 is 0 Å². The number of rotatable bonds is 1. The van der Waals surface area contributed by atoms with E-state index in [1.165, 1.54) is 0 Å². The van der Waals surface area contributed by atoms with E-state index in [9.17, 15) is 0 Å². The van der Waals surface area contributed by atoms with Crippen molar-refractivity contribution in [2.75, 3.05) is 0 Å². The summed E-state index contributed by atoms with van der Waals surface area (Å²) in [4.78, 5) is 0. The molecule has 2 nitrogen and oxygen atoms in total. The average Bonchev–Trinajstić information content (AvgIpc) is 2.66. The quantitative estimate of drug-likeness (QED) is 0.426. The SMILES string of the molecule is C/C(C#N)=C(\O)C1CC1. The maximum atomic E-state index is 9.11. The Morgan fingerprint density at radius 1 is 1.67 bits per heavy atom. The summed E-state index contributed by atoms with van der Waals surface area (Å²) < 4.78 is 0. The van der Waals surface area contributed by atoms with Gasteiger partial charge in [0, 0.05) is 5.92 Å². The molecule has 0 aromatic rings. The summed E-state index contributed by atoms with van der Waals surface area (Å²) in [6, 6.07) is 1.92. The Balaban J connectivity index is 2.67. The van der Waals surface area contributed by atoms with E-state index < -0.39 is 0 Å². The number of aliphatic hydroxyl groups is 1. The fraction of sp³-hybridized carbons (Fsp3) is 0.571. The Morgan fingerprint density at radius 3 is 2.56 bits per heavy atom. The molecule has 0 heterocycles. The van der Waals surface area contributed by atoms with Gasteiger partial charge in [0.1, 0.15) is 5.76 Å². The van der Waals surface area contributed by atoms with Crippen molar-refractivity contribution in [3.63, 3.8) is 0 Å². The van der Waals surface area contributed by atoms with Crippen LogP contribution in [0.1, 0.15) is 19.8 Å². The summed E-state index contributed by atoms with van der Waals surface area (Å²) in [5.74, 6) is 0.613. The average molecular weight is 123 g/mol. The van der Waals surface area contributed by atoms with Crippen LogP contribution in [-0.4, -0.2) is 5.11 Å². The molecule has 0 unspecified atom stereocenters. The van der Waals surface area contributed by atoms with Gasteiger partial charge >= 0.3 is 0 Å². The maximum Gasteiger partial charge on any atom is 0.109 e. The molecule has 0 aromatic carbocycles. The molecule has 0 aromatic heterocycles. The number of nitriles is 1. The van der Waals surface area contributed by atoms with Gasteiger partial charge in [-0.3, -0.25) is 0 Å². The largest absolute Gasteiger partial charge is 0.511 e. The minimum absolute atomic E-state index is 0.303. The van der Waals surface area contributed by atoms with E-state index in [2.05, 4.69) is 0 Å². The van der Waals surface area contributed by atoms with Gasteiger partial charge in [-0.1, -0.05) is 0 Å². The van der Waals surface area contributed by atoms with Crippen molar-refractivity contribution in [2.24, 2.45) is 5.92 Å². The minimum Gasteiger partial charge on any atom is -0.511 e. The van der Waals surface area contributed by atoms with E-state index in [1.54, 1.807) is 6.92 Å². The highest BCUT2D eigenvalue weighted by molar-refractivity contribution is 5.24. The van der Waals surface area contributed by atoms with Gasteiger partial charge in [0.2, 0.25) is 0 Å². The van der Waals surface area contributed by atoms with E-state index in [1.807, 2.05) is 6.07 Å². The molecule has 1 aliphatic carbocycles. The predicted molar refractivity (Wildman–Crippen MR) is 33.7 cm³/mol. The summed E-state index contributed by atoms with van der Waals surface area (Å²) in [6.45, 7) is 1.65. The van der Waals surface area contributed by atoms with Crippen LogP contribution in [-0.2, 0) is 0 Å². The van der Waals surface area contributed by atoms with Crippen LogP contribution in [0.2, 0.25) is 0 Å². The van der Waals surface area contributed by atoms with Crippen molar-refractivity contribution in [2.45, 2.75) is 19.8 Å². The van der Waals surface area contributed by atoms with Gasteiger partial charge in [-0.25, -0.2) is 0 Å². The van der Waals surface area contributed by atoms with Crippen molar-refractivity contribution in [3.8, 4) is 6.07 Å². The van der Waals surface area contributed by atoms with Crippen LogP contribution in [0.15, 0.2) is 11.3 Å². The van der Waals surface area contributed by atoms with Gasteiger partial charge in [-0.15, -0.1) is 0 Å². The lowest BCUT2D eigenvalue weighted by molar-refractivity contribution is 0.374. The number of allylic oxidation sites excluding steroid dienone is 2. The van der Waals surface area contributed by atoms with Crippen molar-refractivity contribution in [3.05, 3.63) is 11.3 Å². The predicted octanol–water partition coefficient (Wildman–Crippen LogP) is 1.75. The molecule has 1 saturated carbocycles. The molecule has 1 N–H and O–H groups in total. The lowest BCUT2D eigenvalue weighted by atomic mass is 10.2. The molecule has 9 heavy (non-hydrogen) atoms. The smallest absolute Gasteiger partial charge is 0.109 e. The van der Waals surface area contributed by atoms with Crippen LogP contribution in [0, 0.1) is 17.2 Å². The molecule has 0 radical (unpaired) electrons. The first-order valence-electron chi connectivity index (χ1n) is 3.05. The van der Waals surface area contributed by atoms with Gasteiger partial charge in [0.05, 0.1) is 11.6 Å². The van der Waals surface area contributed by atoms with E-state index in [-0.39, 0.29) is 0 Å². The van der Waals surface area contributed by atoms with Gasteiger partial charge in [-0.05, 0) is 19.8 Å². The van der Waals surface area contributed by atoms with Crippen LogP contribution >= 0.6 is 0 Å². The molecule has 0 spiro atoms. The third-order valence-electron chi connectivity index (χ3n) is 1.52. The second-order valence-corrected chi connectivity index (χ2v) is 2.40. The molecule has 0 atom stereocenters. The van der Waals surface area contributed by atoms with Crippen molar-refractivity contribution in [1.82, 2.24) is 0 Å². The first-order chi connectivity index (χ1) is 4.25. The zero-order valence-corrected chi connectivity index (χ0v) is 5.39. The standard InChI is InChI=1S/C7H9NO/c1-5(4-8)7(9)6-2-3-6/h6,9H,2-3H2,1H3/b7-5+. The van der Waals surface area contributed by atoms with Crippen LogP contribution < -0.4 is 0 Å². The van der Waals surface area contributed by atoms with E-state index >= 15 is 0 Å². The van der Waals surface area contributed by atoms with Gasteiger partial charge in [-0.2, -0.15) is 5.26 Å². The molecule has 1 fully saturated rings. The van der Waals surface area contributed by atoms with Crippen LogP contribution in [0.4, 0.5) is 0 Å². The van der Waals surface area contributed by atoms with Gasteiger partial charge in [0.25, 0.3) is 0 Å². The first kappa shape index (κ1) is 6.15.